The highest BCUT2D eigenvalue weighted by Gasteiger charge is 2.16. The van der Waals surface area contributed by atoms with Gasteiger partial charge in [0.2, 0.25) is 0 Å². The third-order valence-electron chi connectivity index (χ3n) is 2.94. The second-order valence-electron chi connectivity index (χ2n) is 4.60. The summed E-state index contributed by atoms with van der Waals surface area (Å²) in [4.78, 5) is 15.7. The number of Topliss-reactive ketones (excluding diaryl/α,β-unsaturated/α-hetero) is 1. The number of carbonyl (C=O) groups is 1. The van der Waals surface area contributed by atoms with E-state index in [-0.39, 0.29) is 10.7 Å². The molecular weight excluding hydrogens is 288 g/mol. The van der Waals surface area contributed by atoms with Crippen molar-refractivity contribution in [3.8, 4) is 0 Å². The van der Waals surface area contributed by atoms with Crippen LogP contribution in [-0.2, 0) is 10.0 Å². The van der Waals surface area contributed by atoms with E-state index in [2.05, 4.69) is 9.71 Å². The monoisotopic (exact) mass is 304 g/mol. The quantitative estimate of drug-likeness (QED) is 0.862. The van der Waals surface area contributed by atoms with Crippen LogP contribution >= 0.6 is 0 Å². The van der Waals surface area contributed by atoms with Crippen LogP contribution < -0.4 is 4.72 Å². The average Bonchev–Trinajstić information content (AvgIpc) is 2.46. The average molecular weight is 304 g/mol. The number of rotatable bonds is 5. The van der Waals surface area contributed by atoms with Gasteiger partial charge in [-0.25, -0.2) is 8.42 Å². The van der Waals surface area contributed by atoms with E-state index in [1.807, 2.05) is 0 Å². The first-order valence-corrected chi connectivity index (χ1v) is 7.99. The summed E-state index contributed by atoms with van der Waals surface area (Å²) in [5, 5.41) is 0. The van der Waals surface area contributed by atoms with Crippen LogP contribution in [0.4, 0.5) is 5.69 Å². The molecule has 0 bridgehead atoms. The molecule has 0 aliphatic rings. The zero-order valence-corrected chi connectivity index (χ0v) is 12.6. The van der Waals surface area contributed by atoms with Gasteiger partial charge in [0.05, 0.1) is 10.6 Å². The van der Waals surface area contributed by atoms with Crippen LogP contribution in [0.2, 0.25) is 0 Å². The number of hydrogen-bond acceptors (Lipinski definition) is 4. The molecule has 0 spiro atoms. The number of anilines is 1. The molecule has 5 nitrogen and oxygen atoms in total. The van der Waals surface area contributed by atoms with Gasteiger partial charge < -0.3 is 0 Å². The van der Waals surface area contributed by atoms with Gasteiger partial charge in [0.15, 0.2) is 5.78 Å². The van der Waals surface area contributed by atoms with Crippen molar-refractivity contribution < 1.29 is 13.2 Å². The van der Waals surface area contributed by atoms with Crippen molar-refractivity contribution in [2.75, 3.05) is 4.72 Å². The number of pyridine rings is 1. The molecular formula is C15H16N2O3S. The molecule has 1 aromatic carbocycles. The first kappa shape index (κ1) is 15.2. The molecule has 1 aromatic heterocycles. The maximum atomic E-state index is 12.3. The fourth-order valence-electron chi connectivity index (χ4n) is 1.86. The summed E-state index contributed by atoms with van der Waals surface area (Å²) in [5.41, 5.74) is 1.55. The van der Waals surface area contributed by atoms with Crippen molar-refractivity contribution in [3.63, 3.8) is 0 Å². The summed E-state index contributed by atoms with van der Waals surface area (Å²) in [6, 6.07) is 9.24. The Balaban J connectivity index is 2.33. The molecule has 2 rings (SSSR count). The molecule has 0 aliphatic carbocycles. The van der Waals surface area contributed by atoms with Crippen LogP contribution in [0.5, 0.6) is 0 Å². The molecule has 6 heteroatoms. The van der Waals surface area contributed by atoms with E-state index in [4.69, 9.17) is 0 Å². The lowest BCUT2D eigenvalue weighted by Crippen LogP contribution is -2.14. The first-order chi connectivity index (χ1) is 9.92. The highest BCUT2D eigenvalue weighted by molar-refractivity contribution is 7.92. The molecule has 0 radical (unpaired) electrons. The predicted molar refractivity (Wildman–Crippen MR) is 80.8 cm³/mol. The molecule has 0 fully saturated rings. The van der Waals surface area contributed by atoms with Gasteiger partial charge in [-0.15, -0.1) is 0 Å². The largest absolute Gasteiger partial charge is 0.294 e. The lowest BCUT2D eigenvalue weighted by atomic mass is 10.1. The summed E-state index contributed by atoms with van der Waals surface area (Å²) in [5.74, 6) is -0.0909. The van der Waals surface area contributed by atoms with Gasteiger partial charge in [-0.1, -0.05) is 19.1 Å². The molecule has 0 atom stereocenters. The van der Waals surface area contributed by atoms with E-state index in [0.717, 1.165) is 0 Å². The molecule has 0 saturated carbocycles. The molecule has 0 unspecified atom stereocenters. The van der Waals surface area contributed by atoms with E-state index in [0.29, 0.717) is 23.4 Å². The molecule has 110 valence electrons. The third kappa shape index (κ3) is 3.66. The Morgan fingerprint density at radius 2 is 2.00 bits per heavy atom. The molecule has 1 N–H and O–H groups in total. The minimum absolute atomic E-state index is 0.0660. The lowest BCUT2D eigenvalue weighted by molar-refractivity contribution is 0.0988. The fourth-order valence-corrected chi connectivity index (χ4v) is 2.96. The van der Waals surface area contributed by atoms with Crippen LogP contribution in [0.1, 0.15) is 29.4 Å². The van der Waals surface area contributed by atoms with Crippen LogP contribution in [0, 0.1) is 6.92 Å². The normalized spacial score (nSPS) is 11.1. The van der Waals surface area contributed by atoms with Gasteiger partial charge in [0, 0.05) is 23.9 Å². The second kappa shape index (κ2) is 6.05. The van der Waals surface area contributed by atoms with Crippen molar-refractivity contribution in [2.24, 2.45) is 0 Å². The number of benzene rings is 1. The van der Waals surface area contributed by atoms with Crippen LogP contribution in [-0.4, -0.2) is 19.2 Å². The Hall–Kier alpha value is -2.21. The molecule has 21 heavy (non-hydrogen) atoms. The van der Waals surface area contributed by atoms with Gasteiger partial charge in [0.25, 0.3) is 10.0 Å². The van der Waals surface area contributed by atoms with Crippen molar-refractivity contribution in [3.05, 3.63) is 53.9 Å². The Bertz CT molecular complexity index is 770. The third-order valence-corrected chi connectivity index (χ3v) is 4.32. The van der Waals surface area contributed by atoms with Gasteiger partial charge in [0.1, 0.15) is 0 Å². The number of hydrogen-bond donors (Lipinski definition) is 1. The van der Waals surface area contributed by atoms with E-state index >= 15 is 0 Å². The van der Waals surface area contributed by atoms with Crippen molar-refractivity contribution >= 4 is 21.5 Å². The summed E-state index contributed by atoms with van der Waals surface area (Å²) in [6.45, 7) is 3.51. The Labute approximate surface area is 124 Å². The summed E-state index contributed by atoms with van der Waals surface area (Å²) >= 11 is 0. The van der Waals surface area contributed by atoms with Gasteiger partial charge in [-0.05, 0) is 31.2 Å². The molecule has 1 heterocycles. The van der Waals surface area contributed by atoms with Crippen molar-refractivity contribution in [1.82, 2.24) is 4.98 Å². The number of carbonyl (C=O) groups excluding carboxylic acids is 1. The number of sulfonamides is 1. The number of nitrogens with zero attached hydrogens (tertiary/aromatic N) is 1. The van der Waals surface area contributed by atoms with Crippen molar-refractivity contribution in [2.45, 2.75) is 25.2 Å². The van der Waals surface area contributed by atoms with Crippen molar-refractivity contribution in [1.29, 1.82) is 0 Å². The van der Waals surface area contributed by atoms with Crippen LogP contribution in [0.3, 0.4) is 0 Å². The van der Waals surface area contributed by atoms with E-state index in [1.54, 1.807) is 38.1 Å². The molecule has 0 aliphatic heterocycles. The van der Waals surface area contributed by atoms with Gasteiger partial charge >= 0.3 is 0 Å². The highest BCUT2D eigenvalue weighted by Crippen LogP contribution is 2.18. The molecule has 2 aromatic rings. The zero-order valence-electron chi connectivity index (χ0n) is 11.8. The summed E-state index contributed by atoms with van der Waals surface area (Å²) < 4.78 is 27.1. The smallest absolute Gasteiger partial charge is 0.261 e. The predicted octanol–water partition coefficient (Wildman–Crippen LogP) is 2.78. The Morgan fingerprint density at radius 3 is 2.67 bits per heavy atom. The highest BCUT2D eigenvalue weighted by atomic mass is 32.2. The number of nitrogens with one attached hydrogen (secondary N) is 1. The molecule has 0 amide bonds. The van der Waals surface area contributed by atoms with Crippen LogP contribution in [0.15, 0.2) is 47.5 Å². The topological polar surface area (TPSA) is 76.1 Å². The van der Waals surface area contributed by atoms with Gasteiger partial charge in [-0.2, -0.15) is 0 Å². The molecule has 0 saturated heterocycles. The number of aromatic nitrogens is 1. The lowest BCUT2D eigenvalue weighted by Gasteiger charge is -2.09. The van der Waals surface area contributed by atoms with E-state index < -0.39 is 10.0 Å². The summed E-state index contributed by atoms with van der Waals surface area (Å²) in [7, 11) is -3.72. The fraction of sp³-hybridized carbons (Fsp3) is 0.200. The summed E-state index contributed by atoms with van der Waals surface area (Å²) in [6.07, 6.45) is 1.87. The zero-order chi connectivity index (χ0) is 15.5. The minimum Gasteiger partial charge on any atom is -0.294 e. The maximum Gasteiger partial charge on any atom is 0.261 e. The number of ketones is 1. The van der Waals surface area contributed by atoms with E-state index in [1.165, 1.54) is 18.3 Å². The van der Waals surface area contributed by atoms with E-state index in [9.17, 15) is 13.2 Å². The second-order valence-corrected chi connectivity index (χ2v) is 6.28. The first-order valence-electron chi connectivity index (χ1n) is 6.51. The number of aryl methyl sites for hydroxylation is 1. The standard InChI is InChI=1S/C15H16N2O3S/c1-3-15(18)12-5-4-6-14(10-12)21(19,20)17-13-7-8-16-11(2)9-13/h4-10H,3H2,1-2H3,(H,16,17). The maximum absolute atomic E-state index is 12.3. The van der Waals surface area contributed by atoms with Gasteiger partial charge in [-0.3, -0.25) is 14.5 Å². The Kier molecular flexibility index (Phi) is 4.37. The Morgan fingerprint density at radius 1 is 1.24 bits per heavy atom. The SMILES string of the molecule is CCC(=O)c1cccc(S(=O)(=O)Nc2ccnc(C)c2)c1. The minimum atomic E-state index is -3.72. The van der Waals surface area contributed by atoms with Crippen LogP contribution in [0.25, 0.3) is 0 Å².